The molecule has 184 valence electrons. The molecule has 9 nitrogen and oxygen atoms in total. The summed E-state index contributed by atoms with van der Waals surface area (Å²) in [6, 6.07) is 17.5. The predicted octanol–water partition coefficient (Wildman–Crippen LogP) is 2.03. The Morgan fingerprint density at radius 1 is 0.943 bits per heavy atom. The van der Waals surface area contributed by atoms with Crippen LogP contribution in [0.25, 0.3) is 21.8 Å². The monoisotopic (exact) mass is 497 g/mol. The second-order valence-electron chi connectivity index (χ2n) is 8.35. The molecule has 1 atom stereocenters. The van der Waals surface area contributed by atoms with Gasteiger partial charge in [0, 0.05) is 26.0 Å². The highest BCUT2D eigenvalue weighted by Crippen LogP contribution is 2.25. The van der Waals surface area contributed by atoms with Gasteiger partial charge in [0.25, 0.3) is 0 Å². The summed E-state index contributed by atoms with van der Waals surface area (Å²) in [5.41, 5.74) is -0.950. The molecule has 4 aromatic rings. The summed E-state index contributed by atoms with van der Waals surface area (Å²) in [6.07, 6.45) is -1.14. The second kappa shape index (κ2) is 9.65. The average Bonchev–Trinajstić information content (AvgIpc) is 2.85. The minimum absolute atomic E-state index is 0.0223. The van der Waals surface area contributed by atoms with Gasteiger partial charge in [-0.25, -0.2) is 12.7 Å². The molecule has 35 heavy (non-hydrogen) atoms. The van der Waals surface area contributed by atoms with Crippen LogP contribution in [0.1, 0.15) is 6.92 Å². The highest BCUT2D eigenvalue weighted by atomic mass is 32.2. The number of fused-ring (bicyclic) bond motifs is 2. The topological polar surface area (TPSA) is 111 Å². The van der Waals surface area contributed by atoms with E-state index in [9.17, 15) is 23.1 Å². The molecule has 3 aromatic carbocycles. The number of aliphatic hydroxyl groups is 1. The van der Waals surface area contributed by atoms with Gasteiger partial charge in [-0.1, -0.05) is 36.4 Å². The third-order valence-corrected chi connectivity index (χ3v) is 7.68. The van der Waals surface area contributed by atoms with Gasteiger partial charge in [0.1, 0.15) is 18.5 Å². The molecule has 0 aliphatic carbocycles. The molecular formula is C25H27N3O6S. The molecule has 0 unspecified atom stereocenters. The van der Waals surface area contributed by atoms with Crippen LogP contribution >= 0.6 is 0 Å². The molecule has 1 aromatic heterocycles. The molecule has 0 aliphatic rings. The number of aromatic nitrogens is 2. The molecule has 10 heteroatoms. The van der Waals surface area contributed by atoms with Crippen molar-refractivity contribution in [2.45, 2.75) is 31.0 Å². The van der Waals surface area contributed by atoms with Gasteiger partial charge in [-0.15, -0.1) is 0 Å². The summed E-state index contributed by atoms with van der Waals surface area (Å²) in [4.78, 5) is 25.7. The number of nitrogens with zero attached hydrogens (tertiary/aromatic N) is 3. The second-order valence-corrected chi connectivity index (χ2v) is 10.5. The Labute approximate surface area is 202 Å². The predicted molar refractivity (Wildman–Crippen MR) is 134 cm³/mol. The lowest BCUT2D eigenvalue weighted by molar-refractivity contribution is 0.0932. The van der Waals surface area contributed by atoms with Gasteiger partial charge in [0.2, 0.25) is 10.0 Å². The van der Waals surface area contributed by atoms with Crippen molar-refractivity contribution in [3.63, 3.8) is 0 Å². The van der Waals surface area contributed by atoms with Gasteiger partial charge < -0.3 is 14.4 Å². The van der Waals surface area contributed by atoms with E-state index in [0.717, 1.165) is 19.6 Å². The Morgan fingerprint density at radius 3 is 2.34 bits per heavy atom. The Bertz CT molecular complexity index is 1620. The number of ether oxygens (including phenoxy) is 1. The van der Waals surface area contributed by atoms with E-state index in [2.05, 4.69) is 0 Å². The first-order valence-corrected chi connectivity index (χ1v) is 12.6. The summed E-state index contributed by atoms with van der Waals surface area (Å²) in [6.45, 7) is 1.58. The molecule has 0 saturated carbocycles. The van der Waals surface area contributed by atoms with Crippen molar-refractivity contribution in [3.8, 4) is 5.75 Å². The molecule has 0 fully saturated rings. The number of hydrogen-bond donors (Lipinski definition) is 1. The van der Waals surface area contributed by atoms with Crippen molar-refractivity contribution >= 4 is 31.8 Å². The molecule has 0 aliphatic heterocycles. The number of sulfonamides is 1. The van der Waals surface area contributed by atoms with Gasteiger partial charge in [-0.3, -0.25) is 14.2 Å². The van der Waals surface area contributed by atoms with Crippen LogP contribution in [0.2, 0.25) is 0 Å². The van der Waals surface area contributed by atoms with Crippen LogP contribution in [0, 0.1) is 0 Å². The fourth-order valence-corrected chi connectivity index (χ4v) is 4.96. The van der Waals surface area contributed by atoms with E-state index in [1.165, 1.54) is 36.9 Å². The van der Waals surface area contributed by atoms with Crippen LogP contribution in [-0.4, -0.2) is 53.8 Å². The first-order chi connectivity index (χ1) is 16.6. The molecule has 1 heterocycles. The highest BCUT2D eigenvalue weighted by molar-refractivity contribution is 7.89. The fourth-order valence-electron chi connectivity index (χ4n) is 4.03. The van der Waals surface area contributed by atoms with E-state index in [1.54, 1.807) is 13.0 Å². The lowest BCUT2D eigenvalue weighted by atomic mass is 10.1. The maximum Gasteiger partial charge on any atom is 0.317 e. The van der Waals surface area contributed by atoms with Crippen molar-refractivity contribution in [1.82, 2.24) is 13.4 Å². The van der Waals surface area contributed by atoms with Crippen LogP contribution in [0.15, 0.2) is 75.1 Å². The number of benzene rings is 3. The highest BCUT2D eigenvalue weighted by Gasteiger charge is 2.21. The maximum absolute atomic E-state index is 13.0. The van der Waals surface area contributed by atoms with Gasteiger partial charge >= 0.3 is 11.1 Å². The molecule has 0 spiro atoms. The van der Waals surface area contributed by atoms with Crippen molar-refractivity contribution in [3.05, 3.63) is 81.4 Å². The fraction of sp³-hybridized carbons (Fsp3) is 0.280. The SMILES string of the molecule is CCn1c(=O)c(=O)n(C[C@H](O)COc2cccc3ccccc23)c2cc(S(=O)(=O)N(C)C)ccc21. The van der Waals surface area contributed by atoms with E-state index >= 15 is 0 Å². The summed E-state index contributed by atoms with van der Waals surface area (Å²) in [5.74, 6) is 0.583. The number of aliphatic hydroxyl groups excluding tert-OH is 1. The van der Waals surface area contributed by atoms with E-state index in [4.69, 9.17) is 4.74 Å². The zero-order valence-corrected chi connectivity index (χ0v) is 20.5. The van der Waals surface area contributed by atoms with Crippen molar-refractivity contribution in [1.29, 1.82) is 0 Å². The van der Waals surface area contributed by atoms with Crippen LogP contribution in [0.4, 0.5) is 0 Å². The Morgan fingerprint density at radius 2 is 1.63 bits per heavy atom. The van der Waals surface area contributed by atoms with Gasteiger partial charge in [0.15, 0.2) is 0 Å². The normalized spacial score (nSPS) is 12.9. The minimum atomic E-state index is -3.78. The van der Waals surface area contributed by atoms with Gasteiger partial charge in [-0.05, 0) is 36.6 Å². The van der Waals surface area contributed by atoms with E-state index in [1.807, 2.05) is 36.4 Å². The van der Waals surface area contributed by atoms with Crippen molar-refractivity contribution < 1.29 is 18.3 Å². The van der Waals surface area contributed by atoms with E-state index in [-0.39, 0.29) is 30.1 Å². The van der Waals surface area contributed by atoms with E-state index in [0.29, 0.717) is 11.3 Å². The Balaban J connectivity index is 1.72. The molecule has 1 N–H and O–H groups in total. The van der Waals surface area contributed by atoms with Crippen molar-refractivity contribution in [2.24, 2.45) is 0 Å². The number of rotatable bonds is 8. The summed E-state index contributed by atoms with van der Waals surface area (Å²) in [5, 5.41) is 12.6. The largest absolute Gasteiger partial charge is 0.490 e. The number of aryl methyl sites for hydroxylation is 1. The maximum atomic E-state index is 13.0. The van der Waals surface area contributed by atoms with E-state index < -0.39 is 27.2 Å². The van der Waals surface area contributed by atoms with Crippen LogP contribution < -0.4 is 15.9 Å². The molecular weight excluding hydrogens is 470 g/mol. The first-order valence-electron chi connectivity index (χ1n) is 11.1. The minimum Gasteiger partial charge on any atom is -0.490 e. The first kappa shape index (κ1) is 24.6. The van der Waals surface area contributed by atoms with Crippen LogP contribution in [0.3, 0.4) is 0 Å². The lowest BCUT2D eigenvalue weighted by Gasteiger charge is -2.19. The smallest absolute Gasteiger partial charge is 0.317 e. The molecule has 0 radical (unpaired) electrons. The third kappa shape index (κ3) is 4.60. The quantitative estimate of drug-likeness (QED) is 0.373. The standard InChI is InChI=1S/C25H27N3O6S/c1-4-27-21-13-12-19(35(32,33)26(2)3)14-22(21)28(25(31)24(27)30)15-18(29)16-34-23-11-7-9-17-8-5-6-10-20(17)23/h5-14,18,29H,4,15-16H2,1-3H3/t18-/m0/s1. The lowest BCUT2D eigenvalue weighted by Crippen LogP contribution is -2.43. The van der Waals surface area contributed by atoms with Crippen LogP contribution in [-0.2, 0) is 23.1 Å². The summed E-state index contributed by atoms with van der Waals surface area (Å²) >= 11 is 0. The third-order valence-electron chi connectivity index (χ3n) is 5.87. The number of hydrogen-bond acceptors (Lipinski definition) is 6. The molecule has 4 rings (SSSR count). The molecule has 0 amide bonds. The van der Waals surface area contributed by atoms with Gasteiger partial charge in [0.05, 0.1) is 22.5 Å². The molecule has 0 bridgehead atoms. The van der Waals surface area contributed by atoms with Gasteiger partial charge in [-0.2, -0.15) is 0 Å². The zero-order valence-electron chi connectivity index (χ0n) is 19.7. The zero-order chi connectivity index (χ0) is 25.3. The summed E-state index contributed by atoms with van der Waals surface area (Å²) < 4.78 is 34.7. The Hall–Kier alpha value is -3.47. The van der Waals surface area contributed by atoms with Crippen LogP contribution in [0.5, 0.6) is 5.75 Å². The van der Waals surface area contributed by atoms with Crippen molar-refractivity contribution in [2.75, 3.05) is 20.7 Å². The Kier molecular flexibility index (Phi) is 6.79. The average molecular weight is 498 g/mol. The summed E-state index contributed by atoms with van der Waals surface area (Å²) in [7, 11) is -0.958. The molecule has 0 saturated heterocycles.